The van der Waals surface area contributed by atoms with Gasteiger partial charge in [-0.25, -0.2) is 0 Å². The van der Waals surface area contributed by atoms with Crippen LogP contribution in [0.2, 0.25) is 0 Å². The van der Waals surface area contributed by atoms with Gasteiger partial charge in [0.15, 0.2) is 0 Å². The van der Waals surface area contributed by atoms with Crippen molar-refractivity contribution < 1.29 is 14.3 Å². The molecule has 6 nitrogen and oxygen atoms in total. The summed E-state index contributed by atoms with van der Waals surface area (Å²) in [5, 5.41) is 9.58. The number of rotatable bonds is 7. The molecule has 0 bridgehead atoms. The van der Waals surface area contributed by atoms with Crippen molar-refractivity contribution in [1.29, 1.82) is 0 Å². The zero-order valence-electron chi connectivity index (χ0n) is 18.7. The highest BCUT2D eigenvalue weighted by Crippen LogP contribution is 2.30. The minimum Gasteiger partial charge on any atom is -0.466 e. The monoisotopic (exact) mass is 433 g/mol. The van der Waals surface area contributed by atoms with Crippen molar-refractivity contribution in [3.63, 3.8) is 0 Å². The summed E-state index contributed by atoms with van der Waals surface area (Å²) in [6.07, 6.45) is 7.48. The lowest BCUT2D eigenvalue weighted by molar-refractivity contribution is -0.144. The molecule has 1 N–H and O–H groups in total. The molecule has 1 aliphatic carbocycles. The van der Waals surface area contributed by atoms with E-state index in [1.807, 2.05) is 43.5 Å². The summed E-state index contributed by atoms with van der Waals surface area (Å²) in [4.78, 5) is 24.5. The minimum absolute atomic E-state index is 0.113. The largest absolute Gasteiger partial charge is 0.466 e. The first-order chi connectivity index (χ1) is 15.6. The van der Waals surface area contributed by atoms with Crippen molar-refractivity contribution in [2.75, 3.05) is 25.0 Å². The molecule has 0 saturated carbocycles. The zero-order valence-corrected chi connectivity index (χ0v) is 18.7. The van der Waals surface area contributed by atoms with E-state index in [1.165, 1.54) is 24.0 Å². The Labute approximate surface area is 189 Å². The van der Waals surface area contributed by atoms with Crippen LogP contribution in [0.15, 0.2) is 47.6 Å². The Kier molecular flexibility index (Phi) is 7.20. The van der Waals surface area contributed by atoms with Crippen molar-refractivity contribution in [3.8, 4) is 0 Å². The fraction of sp³-hybridized carbons (Fsp3) is 0.423. The maximum Gasteiger partial charge on any atom is 0.306 e. The molecular weight excluding hydrogens is 402 g/mol. The molecule has 0 radical (unpaired) electrons. The van der Waals surface area contributed by atoms with Gasteiger partial charge >= 0.3 is 5.97 Å². The number of esters is 1. The Balaban J connectivity index is 1.33. The number of anilines is 1. The number of hydrogen-bond donors (Lipinski definition) is 1. The highest BCUT2D eigenvalue weighted by molar-refractivity contribution is 6.04. The van der Waals surface area contributed by atoms with E-state index in [9.17, 15) is 9.59 Å². The van der Waals surface area contributed by atoms with Crippen molar-refractivity contribution in [3.05, 3.63) is 64.7 Å². The molecular formula is C26H31N3O3. The van der Waals surface area contributed by atoms with Crippen LogP contribution >= 0.6 is 0 Å². The first kappa shape index (κ1) is 22.1. The number of amides is 1. The fourth-order valence-electron chi connectivity index (χ4n) is 4.43. The van der Waals surface area contributed by atoms with Gasteiger partial charge in [0.2, 0.25) is 0 Å². The standard InChI is InChI=1S/C26H31N3O3/c1-2-32-25(30)16-20-7-10-23-17-24(12-11-22(23)15-20)28-26(31)21-8-5-19(6-9-21)18-27-29-13-3-4-14-29/h5-6,8-9,11-12,17-18,20H,2-4,7,10,13-16H2,1H3,(H,28,31). The molecule has 1 unspecified atom stereocenters. The van der Waals surface area contributed by atoms with Crippen molar-refractivity contribution in [2.24, 2.45) is 11.0 Å². The van der Waals surface area contributed by atoms with E-state index in [4.69, 9.17) is 4.74 Å². The van der Waals surface area contributed by atoms with Crippen LogP contribution < -0.4 is 5.32 Å². The third-order valence-electron chi connectivity index (χ3n) is 6.18. The van der Waals surface area contributed by atoms with Crippen LogP contribution in [-0.2, 0) is 22.4 Å². The predicted molar refractivity (Wildman–Crippen MR) is 126 cm³/mol. The molecule has 168 valence electrons. The second-order valence-corrected chi connectivity index (χ2v) is 8.58. The van der Waals surface area contributed by atoms with Crippen LogP contribution in [0.5, 0.6) is 0 Å². The number of hydrogen-bond acceptors (Lipinski definition) is 5. The van der Waals surface area contributed by atoms with Gasteiger partial charge in [-0.1, -0.05) is 18.2 Å². The predicted octanol–water partition coefficient (Wildman–Crippen LogP) is 4.43. The molecule has 2 aromatic carbocycles. The SMILES string of the molecule is CCOC(=O)CC1CCc2cc(NC(=O)c3ccc(C=NN4CCCC4)cc3)ccc2C1. The van der Waals surface area contributed by atoms with Gasteiger partial charge in [0.1, 0.15) is 0 Å². The topological polar surface area (TPSA) is 71.0 Å². The Morgan fingerprint density at radius 2 is 1.91 bits per heavy atom. The summed E-state index contributed by atoms with van der Waals surface area (Å²) in [5.74, 6) is 0.0941. The normalized spacial score (nSPS) is 17.9. The third kappa shape index (κ3) is 5.75. The molecule has 0 aromatic heterocycles. The number of aryl methyl sites for hydroxylation is 1. The van der Waals surface area contributed by atoms with Gasteiger partial charge in [-0.05, 0) is 85.9 Å². The molecule has 32 heavy (non-hydrogen) atoms. The summed E-state index contributed by atoms with van der Waals surface area (Å²) in [6, 6.07) is 13.6. The average molecular weight is 434 g/mol. The zero-order chi connectivity index (χ0) is 22.3. The first-order valence-electron chi connectivity index (χ1n) is 11.6. The summed E-state index contributed by atoms with van der Waals surface area (Å²) < 4.78 is 5.09. The molecule has 2 aliphatic rings. The lowest BCUT2D eigenvalue weighted by Gasteiger charge is -2.24. The molecule has 2 aromatic rings. The number of carbonyl (C=O) groups is 2. The van der Waals surface area contributed by atoms with E-state index in [2.05, 4.69) is 27.6 Å². The van der Waals surface area contributed by atoms with E-state index < -0.39 is 0 Å². The van der Waals surface area contributed by atoms with Crippen LogP contribution in [0.3, 0.4) is 0 Å². The Morgan fingerprint density at radius 3 is 2.66 bits per heavy atom. The molecule has 6 heteroatoms. The second kappa shape index (κ2) is 10.4. The molecule has 1 amide bonds. The van der Waals surface area contributed by atoms with Gasteiger partial charge in [0.25, 0.3) is 5.91 Å². The number of hydrazone groups is 1. The molecule has 1 heterocycles. The average Bonchev–Trinajstić information content (AvgIpc) is 3.32. The quantitative estimate of drug-likeness (QED) is 0.518. The van der Waals surface area contributed by atoms with Gasteiger partial charge in [-0.15, -0.1) is 0 Å². The lowest BCUT2D eigenvalue weighted by Crippen LogP contribution is -2.19. The molecule has 1 saturated heterocycles. The molecule has 1 atom stereocenters. The van der Waals surface area contributed by atoms with Crippen LogP contribution in [-0.4, -0.2) is 42.8 Å². The van der Waals surface area contributed by atoms with Gasteiger partial charge < -0.3 is 10.1 Å². The summed E-state index contributed by atoms with van der Waals surface area (Å²) in [5.41, 5.74) is 4.91. The van der Waals surface area contributed by atoms with Crippen molar-refractivity contribution in [1.82, 2.24) is 5.01 Å². The van der Waals surface area contributed by atoms with E-state index in [-0.39, 0.29) is 11.9 Å². The highest BCUT2D eigenvalue weighted by atomic mass is 16.5. The van der Waals surface area contributed by atoms with Crippen LogP contribution in [0.4, 0.5) is 5.69 Å². The molecule has 0 spiro atoms. The van der Waals surface area contributed by atoms with Crippen LogP contribution in [0.25, 0.3) is 0 Å². The summed E-state index contributed by atoms with van der Waals surface area (Å²) in [7, 11) is 0. The Bertz CT molecular complexity index is 978. The molecule has 1 aliphatic heterocycles. The molecule has 1 fully saturated rings. The van der Waals surface area contributed by atoms with Gasteiger partial charge in [0.05, 0.1) is 12.8 Å². The number of nitrogens with zero attached hydrogens (tertiary/aromatic N) is 2. The number of ether oxygens (including phenoxy) is 1. The fourth-order valence-corrected chi connectivity index (χ4v) is 4.43. The highest BCUT2D eigenvalue weighted by Gasteiger charge is 2.22. The first-order valence-corrected chi connectivity index (χ1v) is 11.6. The summed E-state index contributed by atoms with van der Waals surface area (Å²) >= 11 is 0. The number of benzene rings is 2. The van der Waals surface area contributed by atoms with E-state index >= 15 is 0 Å². The molecule has 4 rings (SSSR count). The van der Waals surface area contributed by atoms with Gasteiger partial charge in [-0.3, -0.25) is 14.6 Å². The number of nitrogens with one attached hydrogen (secondary N) is 1. The number of fused-ring (bicyclic) bond motifs is 1. The van der Waals surface area contributed by atoms with Crippen molar-refractivity contribution in [2.45, 2.75) is 45.4 Å². The van der Waals surface area contributed by atoms with Gasteiger partial charge in [-0.2, -0.15) is 5.10 Å². The number of carbonyl (C=O) groups excluding carboxylic acids is 2. The van der Waals surface area contributed by atoms with E-state index in [1.54, 1.807) is 0 Å². The summed E-state index contributed by atoms with van der Waals surface area (Å²) in [6.45, 7) is 4.30. The Morgan fingerprint density at radius 1 is 1.12 bits per heavy atom. The lowest BCUT2D eigenvalue weighted by atomic mass is 9.82. The third-order valence-corrected chi connectivity index (χ3v) is 6.18. The van der Waals surface area contributed by atoms with Gasteiger partial charge in [0, 0.05) is 30.8 Å². The maximum absolute atomic E-state index is 12.7. The Hall–Kier alpha value is -3.15. The van der Waals surface area contributed by atoms with E-state index in [0.717, 1.165) is 43.6 Å². The van der Waals surface area contributed by atoms with E-state index in [0.29, 0.717) is 24.5 Å². The second-order valence-electron chi connectivity index (χ2n) is 8.58. The smallest absolute Gasteiger partial charge is 0.306 e. The van der Waals surface area contributed by atoms with Crippen LogP contribution in [0.1, 0.15) is 59.7 Å². The van der Waals surface area contributed by atoms with Crippen molar-refractivity contribution >= 4 is 23.8 Å². The maximum atomic E-state index is 12.7. The minimum atomic E-state index is -0.121. The van der Waals surface area contributed by atoms with Crippen LogP contribution in [0, 0.1) is 5.92 Å².